The van der Waals surface area contributed by atoms with Gasteiger partial charge in [-0.2, -0.15) is 0 Å². The molecular formula is C17H26ClN3O3S. The van der Waals surface area contributed by atoms with Crippen molar-refractivity contribution in [1.82, 2.24) is 9.62 Å². The van der Waals surface area contributed by atoms with Crippen molar-refractivity contribution in [1.29, 1.82) is 0 Å². The van der Waals surface area contributed by atoms with E-state index < -0.39 is 10.0 Å². The molecule has 0 saturated heterocycles. The molecule has 1 aliphatic carbocycles. The van der Waals surface area contributed by atoms with Crippen molar-refractivity contribution in [3.8, 4) is 0 Å². The number of nitrogens with zero attached hydrogens (tertiary/aromatic N) is 1. The fourth-order valence-electron chi connectivity index (χ4n) is 3.29. The van der Waals surface area contributed by atoms with E-state index in [-0.39, 0.29) is 29.3 Å². The van der Waals surface area contributed by atoms with Crippen LogP contribution in [-0.2, 0) is 27.7 Å². The zero-order valence-corrected chi connectivity index (χ0v) is 16.0. The Morgan fingerprint density at radius 2 is 1.92 bits per heavy atom. The second-order valence-corrected chi connectivity index (χ2v) is 8.45. The molecule has 0 bridgehead atoms. The third-order valence-electron chi connectivity index (χ3n) is 4.99. The molecule has 1 aromatic rings. The van der Waals surface area contributed by atoms with Crippen molar-refractivity contribution in [2.24, 2.45) is 11.7 Å². The topological polar surface area (TPSA) is 92.5 Å². The molecule has 1 aromatic carbocycles. The van der Waals surface area contributed by atoms with Crippen LogP contribution in [-0.4, -0.2) is 44.9 Å². The molecule has 25 heavy (non-hydrogen) atoms. The molecule has 0 radical (unpaired) electrons. The molecule has 2 aliphatic rings. The Bertz CT molecular complexity index is 735. The van der Waals surface area contributed by atoms with Crippen molar-refractivity contribution in [2.75, 3.05) is 19.6 Å². The van der Waals surface area contributed by atoms with Gasteiger partial charge in [0.2, 0.25) is 15.9 Å². The van der Waals surface area contributed by atoms with Gasteiger partial charge in [0.15, 0.2) is 0 Å². The fourth-order valence-corrected chi connectivity index (χ4v) is 4.65. The van der Waals surface area contributed by atoms with Gasteiger partial charge in [0, 0.05) is 32.6 Å². The quantitative estimate of drug-likeness (QED) is 0.790. The Balaban J connectivity index is 0.00000225. The number of halogens is 1. The van der Waals surface area contributed by atoms with Gasteiger partial charge in [-0.25, -0.2) is 13.1 Å². The molecule has 8 heteroatoms. The predicted molar refractivity (Wildman–Crippen MR) is 99.2 cm³/mol. The van der Waals surface area contributed by atoms with Crippen molar-refractivity contribution >= 4 is 28.3 Å². The van der Waals surface area contributed by atoms with Crippen LogP contribution in [0.25, 0.3) is 0 Å². The smallest absolute Gasteiger partial charge is 0.240 e. The SMILES string of the molecule is CC(=O)N1CCc2ccc(S(=O)(=O)NC(CN)C3CC3)cc2CC1.Cl. The van der Waals surface area contributed by atoms with Crippen molar-refractivity contribution < 1.29 is 13.2 Å². The normalized spacial score (nSPS) is 18.7. The monoisotopic (exact) mass is 387 g/mol. The Morgan fingerprint density at radius 3 is 2.48 bits per heavy atom. The molecule has 3 N–H and O–H groups in total. The van der Waals surface area contributed by atoms with E-state index in [4.69, 9.17) is 5.73 Å². The van der Waals surface area contributed by atoms with Gasteiger partial charge < -0.3 is 10.6 Å². The summed E-state index contributed by atoms with van der Waals surface area (Å²) >= 11 is 0. The number of fused-ring (bicyclic) bond motifs is 1. The number of carbonyl (C=O) groups excluding carboxylic acids is 1. The van der Waals surface area contributed by atoms with E-state index in [0.29, 0.717) is 32.0 Å². The second kappa shape index (κ2) is 8.03. The third-order valence-corrected chi connectivity index (χ3v) is 6.47. The number of amides is 1. The summed E-state index contributed by atoms with van der Waals surface area (Å²) in [5.41, 5.74) is 7.84. The first-order valence-corrected chi connectivity index (χ1v) is 9.99. The van der Waals surface area contributed by atoms with E-state index in [1.165, 1.54) is 0 Å². The van der Waals surface area contributed by atoms with Crippen molar-refractivity contribution in [3.63, 3.8) is 0 Å². The Kier molecular flexibility index (Phi) is 6.48. The molecule has 1 saturated carbocycles. The van der Waals surface area contributed by atoms with E-state index >= 15 is 0 Å². The highest BCUT2D eigenvalue weighted by atomic mass is 35.5. The summed E-state index contributed by atoms with van der Waals surface area (Å²) in [6.45, 7) is 3.21. The first-order valence-electron chi connectivity index (χ1n) is 8.50. The lowest BCUT2D eigenvalue weighted by atomic mass is 10.0. The molecule has 1 heterocycles. The van der Waals surface area contributed by atoms with Crippen molar-refractivity contribution in [3.05, 3.63) is 29.3 Å². The Morgan fingerprint density at radius 1 is 1.28 bits per heavy atom. The Labute approximate surface area is 155 Å². The molecule has 140 valence electrons. The first-order chi connectivity index (χ1) is 11.4. The van der Waals surface area contributed by atoms with Crippen LogP contribution in [0.5, 0.6) is 0 Å². The number of sulfonamides is 1. The van der Waals surface area contributed by atoms with Crippen LogP contribution < -0.4 is 10.5 Å². The summed E-state index contributed by atoms with van der Waals surface area (Å²) in [5, 5.41) is 0. The number of nitrogens with one attached hydrogen (secondary N) is 1. The lowest BCUT2D eigenvalue weighted by Gasteiger charge is -2.17. The maximum absolute atomic E-state index is 12.6. The largest absolute Gasteiger partial charge is 0.342 e. The van der Waals surface area contributed by atoms with E-state index in [0.717, 1.165) is 30.4 Å². The molecule has 1 fully saturated rings. The highest BCUT2D eigenvalue weighted by molar-refractivity contribution is 7.89. The third kappa shape index (κ3) is 4.73. The molecule has 0 spiro atoms. The van der Waals surface area contributed by atoms with Gasteiger partial charge in [-0.1, -0.05) is 6.07 Å². The van der Waals surface area contributed by atoms with E-state index in [9.17, 15) is 13.2 Å². The minimum Gasteiger partial charge on any atom is -0.342 e. The van der Waals surface area contributed by atoms with Crippen LogP contribution in [0.15, 0.2) is 23.1 Å². The van der Waals surface area contributed by atoms with Crippen LogP contribution in [0.4, 0.5) is 0 Å². The van der Waals surface area contributed by atoms with Gasteiger partial charge in [0.1, 0.15) is 0 Å². The first kappa shape index (κ1) is 20.2. The number of hydrogen-bond donors (Lipinski definition) is 2. The molecule has 1 amide bonds. The minimum absolute atomic E-state index is 0. The number of benzene rings is 1. The maximum atomic E-state index is 12.6. The average molecular weight is 388 g/mol. The summed E-state index contributed by atoms with van der Waals surface area (Å²) in [6, 6.07) is 5.11. The van der Waals surface area contributed by atoms with Crippen LogP contribution in [0, 0.1) is 5.92 Å². The number of nitrogens with two attached hydrogens (primary N) is 1. The molecule has 3 rings (SSSR count). The van der Waals surface area contributed by atoms with Gasteiger partial charge in [-0.15, -0.1) is 12.4 Å². The van der Waals surface area contributed by atoms with Crippen LogP contribution in [0.1, 0.15) is 30.9 Å². The molecule has 1 atom stereocenters. The lowest BCUT2D eigenvalue weighted by Crippen LogP contribution is -2.41. The van der Waals surface area contributed by atoms with Crippen molar-refractivity contribution in [2.45, 2.75) is 43.5 Å². The number of carbonyl (C=O) groups is 1. The zero-order chi connectivity index (χ0) is 17.3. The average Bonchev–Trinajstić information content (AvgIpc) is 3.38. The molecule has 6 nitrogen and oxygen atoms in total. The minimum atomic E-state index is -3.56. The highest BCUT2D eigenvalue weighted by Crippen LogP contribution is 2.33. The molecular weight excluding hydrogens is 362 g/mol. The summed E-state index contributed by atoms with van der Waals surface area (Å²) in [5.74, 6) is 0.433. The van der Waals surface area contributed by atoms with Crippen LogP contribution in [0.2, 0.25) is 0 Å². The standard InChI is InChI=1S/C17H25N3O3S.ClH/c1-12(21)20-8-6-13-4-5-16(10-15(13)7-9-20)24(22,23)19-17(11-18)14-2-3-14;/h4-5,10,14,17,19H,2-3,6-9,11,18H2,1H3;1H. The molecule has 1 unspecified atom stereocenters. The number of hydrogen-bond acceptors (Lipinski definition) is 4. The van der Waals surface area contributed by atoms with Gasteiger partial charge in [0.05, 0.1) is 4.90 Å². The zero-order valence-electron chi connectivity index (χ0n) is 14.4. The van der Waals surface area contributed by atoms with E-state index in [1.54, 1.807) is 19.1 Å². The predicted octanol–water partition coefficient (Wildman–Crippen LogP) is 1.07. The van der Waals surface area contributed by atoms with E-state index in [1.807, 2.05) is 11.0 Å². The maximum Gasteiger partial charge on any atom is 0.240 e. The van der Waals surface area contributed by atoms with Gasteiger partial charge in [-0.3, -0.25) is 4.79 Å². The summed E-state index contributed by atoms with van der Waals surface area (Å²) in [4.78, 5) is 13.7. The fraction of sp³-hybridized carbons (Fsp3) is 0.588. The summed E-state index contributed by atoms with van der Waals surface area (Å²) in [7, 11) is -3.56. The van der Waals surface area contributed by atoms with Gasteiger partial charge in [-0.05, 0) is 54.9 Å². The lowest BCUT2D eigenvalue weighted by molar-refractivity contribution is -0.128. The van der Waals surface area contributed by atoms with Crippen LogP contribution >= 0.6 is 12.4 Å². The molecule has 1 aliphatic heterocycles. The van der Waals surface area contributed by atoms with Gasteiger partial charge in [0.25, 0.3) is 0 Å². The molecule has 0 aromatic heterocycles. The summed E-state index contributed by atoms with van der Waals surface area (Å²) in [6.07, 6.45) is 3.52. The van der Waals surface area contributed by atoms with Gasteiger partial charge >= 0.3 is 0 Å². The van der Waals surface area contributed by atoms with Crippen LogP contribution in [0.3, 0.4) is 0 Å². The van der Waals surface area contributed by atoms with E-state index in [2.05, 4.69) is 4.72 Å². The Hall–Kier alpha value is -1.15. The summed E-state index contributed by atoms with van der Waals surface area (Å²) < 4.78 is 28.0. The highest BCUT2D eigenvalue weighted by Gasteiger charge is 2.33. The second-order valence-electron chi connectivity index (χ2n) is 6.74. The number of rotatable bonds is 5.